The summed E-state index contributed by atoms with van der Waals surface area (Å²) in [7, 11) is -0.287. The van der Waals surface area contributed by atoms with Gasteiger partial charge in [-0.3, -0.25) is 0 Å². The number of hydrogen-bond acceptors (Lipinski definition) is 3. The number of rotatable bonds is 7. The quantitative estimate of drug-likeness (QED) is 0.199. The molecule has 208 valence electrons. The zero-order valence-electron chi connectivity index (χ0n) is 23.8. The molecule has 5 aromatic carbocycles. The first-order chi connectivity index (χ1) is 19.8. The molecule has 2 atom stereocenters. The average Bonchev–Trinajstić information content (AvgIpc) is 3.45. The fourth-order valence-corrected chi connectivity index (χ4v) is 9.29. The minimum Gasteiger partial charge on any atom is -0.454 e. The minimum atomic E-state index is -1.30. The van der Waals surface area contributed by atoms with E-state index in [-0.39, 0.29) is 12.8 Å². The maximum absolute atomic E-state index is 14.1. The van der Waals surface area contributed by atoms with Gasteiger partial charge in [-0.2, -0.15) is 0 Å². The Bertz CT molecular complexity index is 1660. The molecular formula is C35H34NO3PS. The van der Waals surface area contributed by atoms with Crippen LogP contribution in [-0.2, 0) is 11.0 Å². The summed E-state index contributed by atoms with van der Waals surface area (Å²) < 4.78 is 27.6. The predicted molar refractivity (Wildman–Crippen MR) is 173 cm³/mol. The van der Waals surface area contributed by atoms with Gasteiger partial charge in [0.25, 0.3) is 0 Å². The molecule has 0 amide bonds. The topological polar surface area (TPSA) is 38.8 Å². The highest BCUT2D eigenvalue weighted by Gasteiger charge is 2.36. The molecule has 1 aliphatic rings. The lowest BCUT2D eigenvalue weighted by atomic mass is 9.93. The number of hydrogen-bond donors (Lipinski definition) is 0. The van der Waals surface area contributed by atoms with Crippen molar-refractivity contribution in [3.63, 3.8) is 0 Å². The van der Waals surface area contributed by atoms with E-state index in [1.165, 1.54) is 10.6 Å². The second-order valence-electron chi connectivity index (χ2n) is 11.1. The van der Waals surface area contributed by atoms with Crippen molar-refractivity contribution < 1.29 is 13.7 Å². The monoisotopic (exact) mass is 579 g/mol. The van der Waals surface area contributed by atoms with Crippen LogP contribution in [0, 0.1) is 0 Å². The van der Waals surface area contributed by atoms with Crippen LogP contribution in [0.1, 0.15) is 37.9 Å². The highest BCUT2D eigenvalue weighted by atomic mass is 32.2. The second kappa shape index (κ2) is 11.4. The van der Waals surface area contributed by atoms with Crippen molar-refractivity contribution in [3.8, 4) is 11.5 Å². The third kappa shape index (κ3) is 5.42. The predicted octanol–water partition coefficient (Wildman–Crippen LogP) is 6.81. The lowest BCUT2D eigenvalue weighted by molar-refractivity contribution is 0.174. The Morgan fingerprint density at radius 3 is 1.93 bits per heavy atom. The Labute approximate surface area is 246 Å². The van der Waals surface area contributed by atoms with E-state index in [9.17, 15) is 4.21 Å². The van der Waals surface area contributed by atoms with Crippen LogP contribution in [0.4, 0.5) is 0 Å². The Hall–Kier alpha value is -3.50. The van der Waals surface area contributed by atoms with Gasteiger partial charge in [-0.25, -0.2) is 8.51 Å². The van der Waals surface area contributed by atoms with E-state index >= 15 is 0 Å². The molecule has 1 unspecified atom stereocenters. The van der Waals surface area contributed by atoms with E-state index in [0.717, 1.165) is 38.7 Å². The van der Waals surface area contributed by atoms with Crippen LogP contribution in [0.3, 0.4) is 0 Å². The molecule has 4 nitrogen and oxygen atoms in total. The van der Waals surface area contributed by atoms with E-state index < -0.39 is 23.7 Å². The molecule has 0 bridgehead atoms. The standard InChI is InChI=1S/C35H34NO3PS/c1-35(2,3)41(37)36(4)34(29-21-13-15-25-14-11-12-20-28(25)29)30-22-31-32(39-24-38-31)23-33(30)40(26-16-7-5-8-17-26)27-18-9-6-10-19-27/h5-23,34H,24H2,1-4H3/t34-,41?/m1/s1. The van der Waals surface area contributed by atoms with Gasteiger partial charge in [0.2, 0.25) is 6.79 Å². The molecule has 1 aliphatic heterocycles. The minimum absolute atomic E-state index is 0.190. The van der Waals surface area contributed by atoms with Crippen LogP contribution in [0.5, 0.6) is 11.5 Å². The van der Waals surface area contributed by atoms with Crippen molar-refractivity contribution in [1.82, 2.24) is 4.31 Å². The van der Waals surface area contributed by atoms with Crippen molar-refractivity contribution in [2.24, 2.45) is 0 Å². The zero-order chi connectivity index (χ0) is 28.6. The lowest BCUT2D eigenvalue weighted by Crippen LogP contribution is -2.39. The molecule has 1 heterocycles. The SMILES string of the molecule is CN([C@@H](c1cc2c(cc1P(c1ccccc1)c1ccccc1)OCO2)c1cccc2ccccc12)S(=O)C(C)(C)C. The van der Waals surface area contributed by atoms with Crippen LogP contribution >= 0.6 is 7.92 Å². The maximum Gasteiger partial charge on any atom is 0.231 e. The van der Waals surface area contributed by atoms with E-state index in [0.29, 0.717) is 0 Å². The maximum atomic E-state index is 14.1. The van der Waals surface area contributed by atoms with E-state index in [2.05, 4.69) is 115 Å². The van der Waals surface area contributed by atoms with Crippen LogP contribution in [0.25, 0.3) is 10.8 Å². The average molecular weight is 580 g/mol. The summed E-state index contributed by atoms with van der Waals surface area (Å²) in [6.45, 7) is 6.28. The lowest BCUT2D eigenvalue weighted by Gasteiger charge is -2.35. The van der Waals surface area contributed by atoms with Crippen LogP contribution in [-0.4, -0.2) is 27.1 Å². The molecule has 5 aromatic rings. The molecule has 6 rings (SSSR count). The van der Waals surface area contributed by atoms with Gasteiger partial charge in [0, 0.05) is 7.05 Å². The summed E-state index contributed by atoms with van der Waals surface area (Å²) in [5, 5.41) is 5.94. The zero-order valence-corrected chi connectivity index (χ0v) is 25.5. The Morgan fingerprint density at radius 2 is 1.29 bits per heavy atom. The highest BCUT2D eigenvalue weighted by molar-refractivity contribution is 7.84. The molecule has 0 fully saturated rings. The Balaban J connectivity index is 1.67. The summed E-state index contributed by atoms with van der Waals surface area (Å²) in [5.41, 5.74) is 2.18. The van der Waals surface area contributed by atoms with Crippen molar-refractivity contribution >= 4 is 45.6 Å². The van der Waals surface area contributed by atoms with Gasteiger partial charge in [0.15, 0.2) is 11.5 Å². The third-order valence-electron chi connectivity index (χ3n) is 7.35. The fourth-order valence-electron chi connectivity index (χ4n) is 5.52. The molecule has 0 aromatic heterocycles. The van der Waals surface area contributed by atoms with Gasteiger partial charge in [-0.15, -0.1) is 0 Å². The molecule has 0 saturated carbocycles. The Morgan fingerprint density at radius 1 is 0.732 bits per heavy atom. The van der Waals surface area contributed by atoms with Crippen molar-refractivity contribution in [2.45, 2.75) is 31.6 Å². The summed E-state index contributed by atoms with van der Waals surface area (Å²) in [4.78, 5) is 0. The van der Waals surface area contributed by atoms with Crippen LogP contribution in [0.15, 0.2) is 115 Å². The molecule has 0 spiro atoms. The molecule has 6 heteroatoms. The number of ether oxygens (including phenoxy) is 2. The third-order valence-corrected chi connectivity index (χ3v) is 11.6. The van der Waals surface area contributed by atoms with Crippen molar-refractivity contribution in [3.05, 3.63) is 126 Å². The molecule has 0 saturated heterocycles. The normalized spacial score (nSPS) is 14.5. The molecule has 41 heavy (non-hydrogen) atoms. The highest BCUT2D eigenvalue weighted by Crippen LogP contribution is 2.45. The van der Waals surface area contributed by atoms with Crippen molar-refractivity contribution in [1.29, 1.82) is 0 Å². The number of nitrogens with zero attached hydrogens (tertiary/aromatic N) is 1. The summed E-state index contributed by atoms with van der Waals surface area (Å²) in [6, 6.07) is 40.2. The van der Waals surface area contributed by atoms with E-state index in [1.807, 2.05) is 32.1 Å². The summed E-state index contributed by atoms with van der Waals surface area (Å²) in [6.07, 6.45) is 0. The molecule has 0 aliphatic carbocycles. The number of benzene rings is 5. The summed E-state index contributed by atoms with van der Waals surface area (Å²) >= 11 is 0. The van der Waals surface area contributed by atoms with Gasteiger partial charge in [-0.1, -0.05) is 103 Å². The van der Waals surface area contributed by atoms with Crippen LogP contribution < -0.4 is 25.4 Å². The smallest absolute Gasteiger partial charge is 0.231 e. The second-order valence-corrected chi connectivity index (χ2v) is 15.6. The van der Waals surface area contributed by atoms with E-state index in [4.69, 9.17) is 9.47 Å². The Kier molecular flexibility index (Phi) is 7.70. The molecular weight excluding hydrogens is 545 g/mol. The first kappa shape index (κ1) is 27.7. The fraction of sp³-hybridized carbons (Fsp3) is 0.200. The van der Waals surface area contributed by atoms with Gasteiger partial charge in [0.05, 0.1) is 10.8 Å². The van der Waals surface area contributed by atoms with E-state index in [1.54, 1.807) is 0 Å². The molecule has 0 radical (unpaired) electrons. The first-order valence-corrected chi connectivity index (χ1v) is 16.2. The number of fused-ring (bicyclic) bond motifs is 2. The first-order valence-electron chi connectivity index (χ1n) is 13.8. The van der Waals surface area contributed by atoms with Gasteiger partial charge in [-0.05, 0) is 78.6 Å². The summed E-state index contributed by atoms with van der Waals surface area (Å²) in [5.74, 6) is 1.47. The van der Waals surface area contributed by atoms with Gasteiger partial charge in [0.1, 0.15) is 11.0 Å². The van der Waals surface area contributed by atoms with Gasteiger partial charge < -0.3 is 9.47 Å². The van der Waals surface area contributed by atoms with Gasteiger partial charge >= 0.3 is 0 Å². The largest absolute Gasteiger partial charge is 0.454 e. The molecule has 0 N–H and O–H groups in total. The van der Waals surface area contributed by atoms with Crippen molar-refractivity contribution in [2.75, 3.05) is 13.8 Å². The van der Waals surface area contributed by atoms with Crippen LogP contribution in [0.2, 0.25) is 0 Å².